The molecule has 4 saturated carbocycles. The van der Waals surface area contributed by atoms with Crippen LogP contribution in [0.3, 0.4) is 0 Å². The molecule has 4 fully saturated rings. The summed E-state index contributed by atoms with van der Waals surface area (Å²) >= 11 is 0. The number of carbonyl (C=O) groups is 2. The van der Waals surface area contributed by atoms with Crippen molar-refractivity contribution in [3.05, 3.63) is 47.0 Å². The first-order valence-electron chi connectivity index (χ1n) is 13.3. The van der Waals surface area contributed by atoms with E-state index in [1.54, 1.807) is 0 Å². The lowest BCUT2D eigenvalue weighted by Crippen LogP contribution is -2.42. The van der Waals surface area contributed by atoms with Crippen LogP contribution in [0, 0.1) is 39.4 Å². The van der Waals surface area contributed by atoms with Crippen molar-refractivity contribution in [2.24, 2.45) is 39.4 Å². The zero-order valence-electron chi connectivity index (χ0n) is 22.7. The maximum absolute atomic E-state index is 13.4. The van der Waals surface area contributed by atoms with E-state index in [9.17, 15) is 35.5 Å². The highest BCUT2D eigenvalue weighted by Crippen LogP contribution is 2.67. The van der Waals surface area contributed by atoms with Gasteiger partial charge in [0.1, 0.15) is 5.78 Å². The number of hydrogen-bond donors (Lipinski definition) is 2. The first-order chi connectivity index (χ1) is 17.8. The summed E-state index contributed by atoms with van der Waals surface area (Å²) in [5.41, 5.74) is -1.09. The third-order valence-electron chi connectivity index (χ3n) is 10.9. The first kappa shape index (κ1) is 28.4. The van der Waals surface area contributed by atoms with Crippen LogP contribution in [0.5, 0.6) is 0 Å². The minimum atomic E-state index is -4.32. The fourth-order valence-corrected chi connectivity index (χ4v) is 11.1. The number of rotatable bonds is 7. The van der Waals surface area contributed by atoms with Gasteiger partial charge in [0.25, 0.3) is 20.2 Å². The van der Waals surface area contributed by atoms with Gasteiger partial charge in [-0.2, -0.15) is 16.8 Å². The van der Waals surface area contributed by atoms with Crippen molar-refractivity contribution in [3.63, 3.8) is 0 Å². The number of ketones is 2. The van der Waals surface area contributed by atoms with Crippen molar-refractivity contribution in [3.8, 4) is 0 Å². The van der Waals surface area contributed by atoms with Gasteiger partial charge in [0.2, 0.25) is 0 Å². The fourth-order valence-electron chi connectivity index (χ4n) is 8.56. The first-order valence-corrected chi connectivity index (χ1v) is 16.6. The maximum Gasteiger partial charge on any atom is 0.265 e. The van der Waals surface area contributed by atoms with Crippen LogP contribution in [0.1, 0.15) is 64.5 Å². The van der Waals surface area contributed by atoms with Crippen LogP contribution >= 0.6 is 0 Å². The molecule has 212 valence electrons. The van der Waals surface area contributed by atoms with E-state index >= 15 is 0 Å². The summed E-state index contributed by atoms with van der Waals surface area (Å²) in [4.78, 5) is 26.8. The molecule has 8 nitrogen and oxygen atoms in total. The molecule has 4 aliphatic carbocycles. The van der Waals surface area contributed by atoms with Gasteiger partial charge in [0, 0.05) is 11.5 Å². The van der Waals surface area contributed by atoms with Gasteiger partial charge in [0.15, 0.2) is 5.78 Å². The summed E-state index contributed by atoms with van der Waals surface area (Å²) in [7, 11) is -8.62. The minimum absolute atomic E-state index is 0.00535. The molecule has 10 heteroatoms. The molecule has 0 amide bonds. The Labute approximate surface area is 230 Å². The predicted octanol–water partition coefficient (Wildman–Crippen LogP) is 4.49. The van der Waals surface area contributed by atoms with Crippen molar-refractivity contribution in [1.29, 1.82) is 0 Å². The standard InChI is InChI=1S/C29H36O8S2/c1-26(2)22-11-13-28(26,16-38(32,33)34)24(30)20(22)10-9-18-5-7-19(8-6-18)15-21-23-12-14-29(25(21)31,27(23,3)4)17-39(35,36)37/h5-10,15,20,22-23H,11-14,16-17H2,1-4H3,(H,32,33,34)(H,35,36,37)/b10-9+,21-15+/t20?,22-,23-,28-,29-/m1/s1. The lowest BCUT2D eigenvalue weighted by Gasteiger charge is -2.35. The number of Topliss-reactive ketones (excluding diaryl/α,β-unsaturated/α-hetero) is 2. The second kappa shape index (κ2) is 8.68. The SMILES string of the molecule is CC1(C)[C@@H]2CC[C@@]1(CS(=O)(=O)O)C(=O)/C2=C/c1ccc(/C=C/C2C(=O)[C@]3(CS(=O)(=O)O)CC[C@H]2C3(C)C)cc1. The highest BCUT2D eigenvalue weighted by atomic mass is 32.2. The Morgan fingerprint density at radius 3 is 1.95 bits per heavy atom. The Hall–Kier alpha value is -2.14. The molecule has 39 heavy (non-hydrogen) atoms. The van der Waals surface area contributed by atoms with E-state index < -0.39 is 59.3 Å². The summed E-state index contributed by atoms with van der Waals surface area (Å²) in [6.07, 6.45) is 7.81. The lowest BCUT2D eigenvalue weighted by atomic mass is 9.70. The molecular weight excluding hydrogens is 540 g/mol. The Morgan fingerprint density at radius 2 is 1.36 bits per heavy atom. The summed E-state index contributed by atoms with van der Waals surface area (Å²) in [6.45, 7) is 7.65. The molecule has 0 saturated heterocycles. The molecule has 0 heterocycles. The van der Waals surface area contributed by atoms with E-state index in [1.165, 1.54) is 0 Å². The Morgan fingerprint density at radius 1 is 0.821 bits per heavy atom. The van der Waals surface area contributed by atoms with Gasteiger partial charge in [-0.3, -0.25) is 18.7 Å². The number of benzene rings is 1. The minimum Gasteiger partial charge on any atom is -0.298 e. The third kappa shape index (κ3) is 4.21. The monoisotopic (exact) mass is 576 g/mol. The largest absolute Gasteiger partial charge is 0.298 e. The van der Waals surface area contributed by atoms with Crippen LogP contribution in [0.4, 0.5) is 0 Å². The average molecular weight is 577 g/mol. The second-order valence-electron chi connectivity index (χ2n) is 13.1. The number of carbonyl (C=O) groups excluding carboxylic acids is 2. The molecule has 5 rings (SSSR count). The smallest absolute Gasteiger partial charge is 0.265 e. The molecule has 0 aliphatic heterocycles. The van der Waals surface area contributed by atoms with Crippen LogP contribution in [0.2, 0.25) is 0 Å². The van der Waals surface area contributed by atoms with Gasteiger partial charge in [-0.1, -0.05) is 64.1 Å². The van der Waals surface area contributed by atoms with Gasteiger partial charge in [-0.05, 0) is 65.6 Å². The molecular formula is C29H36O8S2. The van der Waals surface area contributed by atoms with Crippen LogP contribution in [-0.4, -0.2) is 49.0 Å². The molecule has 1 unspecified atom stereocenters. The van der Waals surface area contributed by atoms with Crippen molar-refractivity contribution >= 4 is 44.0 Å². The van der Waals surface area contributed by atoms with Crippen LogP contribution in [0.25, 0.3) is 12.2 Å². The van der Waals surface area contributed by atoms with Gasteiger partial charge >= 0.3 is 0 Å². The van der Waals surface area contributed by atoms with Gasteiger partial charge in [-0.25, -0.2) is 0 Å². The third-order valence-corrected chi connectivity index (χ3v) is 12.6. The number of allylic oxidation sites excluding steroid dienone is 2. The van der Waals surface area contributed by atoms with E-state index in [2.05, 4.69) is 0 Å². The fraction of sp³-hybridized carbons (Fsp3) is 0.586. The molecule has 2 N–H and O–H groups in total. The highest BCUT2D eigenvalue weighted by Gasteiger charge is 2.69. The topological polar surface area (TPSA) is 143 Å². The summed E-state index contributed by atoms with van der Waals surface area (Å²) in [6, 6.07) is 7.47. The summed E-state index contributed by atoms with van der Waals surface area (Å²) in [5, 5.41) is 0. The van der Waals surface area contributed by atoms with E-state index in [1.807, 2.05) is 70.2 Å². The van der Waals surface area contributed by atoms with Gasteiger partial charge in [0.05, 0.1) is 22.3 Å². The lowest BCUT2D eigenvalue weighted by molar-refractivity contribution is -0.130. The number of fused-ring (bicyclic) bond motifs is 4. The zero-order valence-corrected chi connectivity index (χ0v) is 24.3. The van der Waals surface area contributed by atoms with Gasteiger partial charge in [-0.15, -0.1) is 0 Å². The van der Waals surface area contributed by atoms with Crippen molar-refractivity contribution < 1.29 is 35.5 Å². The summed E-state index contributed by atoms with van der Waals surface area (Å²) in [5.74, 6) is -1.96. The van der Waals surface area contributed by atoms with E-state index in [0.717, 1.165) is 17.5 Å². The molecule has 1 aromatic rings. The maximum atomic E-state index is 13.4. The molecule has 5 atom stereocenters. The van der Waals surface area contributed by atoms with Crippen molar-refractivity contribution in [1.82, 2.24) is 0 Å². The summed E-state index contributed by atoms with van der Waals surface area (Å²) < 4.78 is 66.1. The molecule has 0 radical (unpaired) electrons. The van der Waals surface area contributed by atoms with Crippen molar-refractivity contribution in [2.75, 3.05) is 11.5 Å². The predicted molar refractivity (Wildman–Crippen MR) is 148 cm³/mol. The average Bonchev–Trinajstić information content (AvgIpc) is 3.30. The van der Waals surface area contributed by atoms with Crippen molar-refractivity contribution in [2.45, 2.75) is 53.4 Å². The Balaban J connectivity index is 1.36. The molecule has 0 spiro atoms. The van der Waals surface area contributed by atoms with Crippen LogP contribution in [0.15, 0.2) is 35.9 Å². The van der Waals surface area contributed by atoms with Crippen LogP contribution in [-0.2, 0) is 29.8 Å². The molecule has 1 aromatic carbocycles. The molecule has 4 bridgehead atoms. The normalized spacial score (nSPS) is 36.1. The Bertz CT molecular complexity index is 1510. The second-order valence-corrected chi connectivity index (χ2v) is 16.0. The molecule has 4 aliphatic rings. The van der Waals surface area contributed by atoms with E-state index in [-0.39, 0.29) is 23.4 Å². The molecule has 0 aromatic heterocycles. The quantitative estimate of drug-likeness (QED) is 0.357. The van der Waals surface area contributed by atoms with E-state index in [4.69, 9.17) is 0 Å². The Kier molecular flexibility index (Phi) is 6.32. The highest BCUT2D eigenvalue weighted by molar-refractivity contribution is 7.86. The van der Waals surface area contributed by atoms with E-state index in [0.29, 0.717) is 24.8 Å². The zero-order chi connectivity index (χ0) is 28.8. The van der Waals surface area contributed by atoms with Crippen LogP contribution < -0.4 is 0 Å². The number of hydrogen-bond acceptors (Lipinski definition) is 6. The van der Waals surface area contributed by atoms with Gasteiger partial charge < -0.3 is 0 Å².